The minimum absolute atomic E-state index is 0.144. The number of hydrogen-bond acceptors (Lipinski definition) is 5. The Morgan fingerprint density at radius 2 is 1.66 bits per heavy atom. The molecule has 0 spiro atoms. The predicted octanol–water partition coefficient (Wildman–Crippen LogP) is 1.91. The van der Waals surface area contributed by atoms with Crippen LogP contribution in [-0.2, 0) is 10.3 Å². The maximum atomic E-state index is 14.0. The van der Waals surface area contributed by atoms with E-state index in [9.17, 15) is 23.5 Å². The smallest absolute Gasteiger partial charge is 0.325 e. The van der Waals surface area contributed by atoms with Gasteiger partial charge in [-0.05, 0) is 36.8 Å². The van der Waals surface area contributed by atoms with E-state index >= 15 is 0 Å². The van der Waals surface area contributed by atoms with Crippen LogP contribution >= 0.6 is 0 Å². The Morgan fingerprint density at radius 1 is 1.00 bits per heavy atom. The summed E-state index contributed by atoms with van der Waals surface area (Å²) in [5, 5.41) is 13.2. The van der Waals surface area contributed by atoms with Gasteiger partial charge >= 0.3 is 6.03 Å². The van der Waals surface area contributed by atoms with Gasteiger partial charge in [-0.15, -0.1) is 0 Å². The van der Waals surface area contributed by atoms with Crippen LogP contribution in [0.15, 0.2) is 48.5 Å². The molecule has 2 atom stereocenters. The summed E-state index contributed by atoms with van der Waals surface area (Å²) in [5.41, 5.74) is -0.277. The number of amides is 3. The average molecular weight is 444 g/mol. The van der Waals surface area contributed by atoms with Crippen molar-refractivity contribution in [1.29, 1.82) is 0 Å². The zero-order chi connectivity index (χ0) is 22.9. The number of para-hydroxylation sites is 1. The molecule has 32 heavy (non-hydrogen) atoms. The monoisotopic (exact) mass is 444 g/mol. The third-order valence-electron chi connectivity index (χ3n) is 6.12. The number of urea groups is 1. The Kier molecular flexibility index (Phi) is 6.12. The fourth-order valence-electron chi connectivity index (χ4n) is 4.29. The van der Waals surface area contributed by atoms with Crippen molar-refractivity contribution in [3.8, 4) is 0 Å². The second kappa shape index (κ2) is 8.84. The SMILES string of the molecule is CC1(c2ccc(F)cc2)NC(=O)N(CC(O)CN2CCN(c3ccccc3F)CC2)C1=O. The fourth-order valence-corrected chi connectivity index (χ4v) is 4.29. The molecule has 2 aromatic rings. The van der Waals surface area contributed by atoms with Gasteiger partial charge in [-0.3, -0.25) is 14.6 Å². The normalized spacial score (nSPS) is 22.9. The van der Waals surface area contributed by atoms with E-state index in [1.807, 2.05) is 9.80 Å². The lowest BCUT2D eigenvalue weighted by Gasteiger charge is -2.37. The summed E-state index contributed by atoms with van der Waals surface area (Å²) >= 11 is 0. The van der Waals surface area contributed by atoms with Crippen molar-refractivity contribution in [2.75, 3.05) is 44.2 Å². The summed E-state index contributed by atoms with van der Waals surface area (Å²) in [5.74, 6) is -1.18. The molecular weight excluding hydrogens is 418 g/mol. The lowest BCUT2D eigenvalue weighted by molar-refractivity contribution is -0.132. The number of nitrogens with zero attached hydrogens (tertiary/aromatic N) is 3. The van der Waals surface area contributed by atoms with Gasteiger partial charge in [0.2, 0.25) is 0 Å². The van der Waals surface area contributed by atoms with Crippen LogP contribution in [0.1, 0.15) is 12.5 Å². The molecule has 4 rings (SSSR count). The minimum Gasteiger partial charge on any atom is -0.390 e. The number of benzene rings is 2. The first-order valence-electron chi connectivity index (χ1n) is 10.6. The molecule has 2 aliphatic heterocycles. The molecule has 2 heterocycles. The molecule has 0 aromatic heterocycles. The number of halogens is 2. The van der Waals surface area contributed by atoms with Crippen LogP contribution in [0.3, 0.4) is 0 Å². The van der Waals surface area contributed by atoms with Crippen molar-refractivity contribution in [2.45, 2.75) is 18.6 Å². The standard InChI is InChI=1S/C23H26F2N4O3/c1-23(16-6-8-17(24)9-7-16)21(31)29(22(32)26-23)15-18(30)14-27-10-12-28(13-11-27)20-5-3-2-4-19(20)25/h2-9,18,30H,10-15H2,1H3,(H,26,32). The second-order valence-corrected chi connectivity index (χ2v) is 8.37. The fraction of sp³-hybridized carbons (Fsp3) is 0.391. The van der Waals surface area contributed by atoms with E-state index in [1.165, 1.54) is 30.3 Å². The van der Waals surface area contributed by atoms with Crippen LogP contribution in [-0.4, -0.2) is 72.2 Å². The number of rotatable bonds is 6. The highest BCUT2D eigenvalue weighted by Gasteiger charge is 2.49. The summed E-state index contributed by atoms with van der Waals surface area (Å²) < 4.78 is 27.2. The van der Waals surface area contributed by atoms with Crippen molar-refractivity contribution in [2.24, 2.45) is 0 Å². The average Bonchev–Trinajstić information content (AvgIpc) is 2.99. The molecule has 0 radical (unpaired) electrons. The van der Waals surface area contributed by atoms with Crippen molar-refractivity contribution >= 4 is 17.6 Å². The molecule has 2 N–H and O–H groups in total. The van der Waals surface area contributed by atoms with E-state index in [4.69, 9.17) is 0 Å². The number of imide groups is 1. The Bertz CT molecular complexity index is 995. The third-order valence-corrected chi connectivity index (χ3v) is 6.12. The highest BCUT2D eigenvalue weighted by atomic mass is 19.1. The zero-order valence-electron chi connectivity index (χ0n) is 17.8. The van der Waals surface area contributed by atoms with Gasteiger partial charge in [0.1, 0.15) is 17.2 Å². The van der Waals surface area contributed by atoms with E-state index in [0.717, 1.165) is 4.90 Å². The molecule has 2 unspecified atom stereocenters. The van der Waals surface area contributed by atoms with Gasteiger partial charge < -0.3 is 15.3 Å². The summed E-state index contributed by atoms with van der Waals surface area (Å²) in [6.45, 7) is 4.18. The van der Waals surface area contributed by atoms with E-state index in [1.54, 1.807) is 25.1 Å². The molecule has 7 nitrogen and oxygen atoms in total. The Hall–Kier alpha value is -3.04. The zero-order valence-corrected chi connectivity index (χ0v) is 17.8. The highest BCUT2D eigenvalue weighted by molar-refractivity contribution is 6.07. The molecule has 0 saturated carbocycles. The first-order valence-corrected chi connectivity index (χ1v) is 10.6. The summed E-state index contributed by atoms with van der Waals surface area (Å²) in [7, 11) is 0. The Morgan fingerprint density at radius 3 is 2.31 bits per heavy atom. The quantitative estimate of drug-likeness (QED) is 0.666. The van der Waals surface area contributed by atoms with Crippen LogP contribution in [0.25, 0.3) is 0 Å². The van der Waals surface area contributed by atoms with E-state index in [-0.39, 0.29) is 18.9 Å². The maximum absolute atomic E-state index is 14.0. The second-order valence-electron chi connectivity index (χ2n) is 8.37. The topological polar surface area (TPSA) is 76.1 Å². The predicted molar refractivity (Wildman–Crippen MR) is 115 cm³/mol. The van der Waals surface area contributed by atoms with E-state index in [0.29, 0.717) is 37.4 Å². The van der Waals surface area contributed by atoms with E-state index < -0.39 is 29.4 Å². The number of carbonyl (C=O) groups excluding carboxylic acids is 2. The molecule has 2 aromatic carbocycles. The van der Waals surface area contributed by atoms with Gasteiger partial charge in [-0.25, -0.2) is 13.6 Å². The van der Waals surface area contributed by atoms with Crippen LogP contribution in [0, 0.1) is 11.6 Å². The lowest BCUT2D eigenvalue weighted by atomic mass is 9.92. The number of nitrogens with one attached hydrogen (secondary N) is 1. The number of piperazine rings is 1. The number of carbonyl (C=O) groups is 2. The molecular formula is C23H26F2N4O3. The third kappa shape index (κ3) is 4.31. The van der Waals surface area contributed by atoms with Crippen LogP contribution in [0.4, 0.5) is 19.3 Å². The van der Waals surface area contributed by atoms with Crippen LogP contribution < -0.4 is 10.2 Å². The minimum atomic E-state index is -1.31. The molecule has 3 amide bonds. The summed E-state index contributed by atoms with van der Waals surface area (Å²) in [6, 6.07) is 11.4. The van der Waals surface area contributed by atoms with Gasteiger partial charge in [0.15, 0.2) is 0 Å². The Labute approximate surface area is 185 Å². The van der Waals surface area contributed by atoms with Crippen molar-refractivity contribution in [3.05, 3.63) is 65.7 Å². The van der Waals surface area contributed by atoms with Gasteiger partial charge in [0.25, 0.3) is 5.91 Å². The van der Waals surface area contributed by atoms with Gasteiger partial charge in [0.05, 0.1) is 18.3 Å². The lowest BCUT2D eigenvalue weighted by Crippen LogP contribution is -2.51. The number of aliphatic hydroxyl groups excluding tert-OH is 1. The summed E-state index contributed by atoms with van der Waals surface area (Å²) in [6.07, 6.45) is -0.930. The van der Waals surface area contributed by atoms with Gasteiger partial charge in [0, 0.05) is 32.7 Å². The number of aliphatic hydroxyl groups is 1. The molecule has 9 heteroatoms. The molecule has 2 aliphatic rings. The molecule has 170 valence electrons. The molecule has 0 bridgehead atoms. The van der Waals surface area contributed by atoms with Gasteiger partial charge in [-0.1, -0.05) is 24.3 Å². The summed E-state index contributed by atoms with van der Waals surface area (Å²) in [4.78, 5) is 30.4. The first-order chi connectivity index (χ1) is 15.3. The van der Waals surface area contributed by atoms with E-state index in [2.05, 4.69) is 5.32 Å². The largest absolute Gasteiger partial charge is 0.390 e. The van der Waals surface area contributed by atoms with Gasteiger partial charge in [-0.2, -0.15) is 0 Å². The van der Waals surface area contributed by atoms with Crippen molar-refractivity contribution in [3.63, 3.8) is 0 Å². The van der Waals surface area contributed by atoms with Crippen LogP contribution in [0.2, 0.25) is 0 Å². The van der Waals surface area contributed by atoms with Crippen molar-refractivity contribution in [1.82, 2.24) is 15.1 Å². The maximum Gasteiger partial charge on any atom is 0.325 e. The molecule has 2 fully saturated rings. The van der Waals surface area contributed by atoms with Crippen LogP contribution in [0.5, 0.6) is 0 Å². The Balaban J connectivity index is 1.33. The molecule has 0 aliphatic carbocycles. The number of hydrogen-bond donors (Lipinski definition) is 2. The number of anilines is 1. The number of β-amino-alcohol motifs (C(OH)–C–C–N with tert-alkyl or cyclic N) is 1. The highest BCUT2D eigenvalue weighted by Crippen LogP contribution is 2.29. The molecule has 2 saturated heterocycles. The first kappa shape index (κ1) is 22.2. The van der Waals surface area contributed by atoms with Crippen molar-refractivity contribution < 1.29 is 23.5 Å².